The molecule has 0 atom stereocenters. The molecule has 1 aliphatic carbocycles. The third-order valence-corrected chi connectivity index (χ3v) is 3.74. The molecule has 4 N–H and O–H groups in total. The molecule has 0 radical (unpaired) electrons. The van der Waals surface area contributed by atoms with E-state index in [0.29, 0.717) is 12.1 Å². The predicted octanol–water partition coefficient (Wildman–Crippen LogP) is 1.49. The van der Waals surface area contributed by atoms with E-state index in [9.17, 15) is 4.39 Å². The molecule has 0 amide bonds. The Labute approximate surface area is 124 Å². The fraction of sp³-hybridized carbons (Fsp3) is 0.533. The Hall–Kier alpha value is -1.66. The van der Waals surface area contributed by atoms with Crippen LogP contribution in [0.5, 0.6) is 0 Å². The van der Waals surface area contributed by atoms with E-state index < -0.39 is 0 Å². The van der Waals surface area contributed by atoms with E-state index in [2.05, 4.69) is 22.3 Å². The minimum absolute atomic E-state index is 0.0818. The van der Waals surface area contributed by atoms with Gasteiger partial charge in [-0.1, -0.05) is 12.1 Å². The predicted molar refractivity (Wildman–Crippen MR) is 80.9 cm³/mol. The molecule has 0 heterocycles. The topological polar surface area (TPSA) is 73.9 Å². The van der Waals surface area contributed by atoms with Crippen molar-refractivity contribution in [3.05, 3.63) is 35.1 Å². The second kappa shape index (κ2) is 7.38. The zero-order chi connectivity index (χ0) is 15.2. The van der Waals surface area contributed by atoms with Gasteiger partial charge in [0.25, 0.3) is 0 Å². The molecule has 1 aromatic rings. The molecule has 1 fully saturated rings. The number of rotatable bonds is 8. The summed E-state index contributed by atoms with van der Waals surface area (Å²) in [7, 11) is 0. The molecule has 0 unspecified atom stereocenters. The summed E-state index contributed by atoms with van der Waals surface area (Å²) >= 11 is 0. The highest BCUT2D eigenvalue weighted by atomic mass is 19.1. The third-order valence-electron chi connectivity index (χ3n) is 3.74. The lowest BCUT2D eigenvalue weighted by Gasteiger charge is -2.19. The lowest BCUT2D eigenvalue weighted by molar-refractivity contribution is 0.277. The molecular weight excluding hydrogens is 271 g/mol. The van der Waals surface area contributed by atoms with Gasteiger partial charge in [0.15, 0.2) is 5.84 Å². The minimum Gasteiger partial charge on any atom is -0.409 e. The van der Waals surface area contributed by atoms with E-state index in [-0.39, 0.29) is 11.7 Å². The van der Waals surface area contributed by atoms with Gasteiger partial charge < -0.3 is 16.3 Å². The number of nitrogens with two attached hydrogens (primary N) is 1. The highest BCUT2D eigenvalue weighted by Crippen LogP contribution is 2.25. The van der Waals surface area contributed by atoms with Crippen molar-refractivity contribution in [2.75, 3.05) is 19.6 Å². The lowest BCUT2D eigenvalue weighted by atomic mass is 10.1. The van der Waals surface area contributed by atoms with Crippen molar-refractivity contribution in [2.45, 2.75) is 32.4 Å². The van der Waals surface area contributed by atoms with E-state index in [0.717, 1.165) is 31.2 Å². The Morgan fingerprint density at radius 3 is 2.86 bits per heavy atom. The van der Waals surface area contributed by atoms with Crippen LogP contribution in [0.2, 0.25) is 0 Å². The Morgan fingerprint density at radius 1 is 1.48 bits per heavy atom. The first-order valence-corrected chi connectivity index (χ1v) is 7.36. The normalized spacial score (nSPS) is 15.7. The van der Waals surface area contributed by atoms with Crippen LogP contribution in [0.15, 0.2) is 23.4 Å². The summed E-state index contributed by atoms with van der Waals surface area (Å²) in [6.45, 7) is 5.67. The summed E-state index contributed by atoms with van der Waals surface area (Å²) in [5.74, 6) is -0.467. The van der Waals surface area contributed by atoms with Crippen molar-refractivity contribution in [3.63, 3.8) is 0 Å². The van der Waals surface area contributed by atoms with Crippen molar-refractivity contribution in [1.29, 1.82) is 0 Å². The van der Waals surface area contributed by atoms with Gasteiger partial charge in [0, 0.05) is 31.2 Å². The number of nitrogens with zero attached hydrogens (tertiary/aromatic N) is 2. The molecule has 1 saturated carbocycles. The molecule has 21 heavy (non-hydrogen) atoms. The van der Waals surface area contributed by atoms with Crippen molar-refractivity contribution in [3.8, 4) is 0 Å². The number of likely N-dealkylation sites (N-methyl/N-ethyl adjacent to an activating group) is 1. The number of hydrogen-bond donors (Lipinski definition) is 3. The number of halogens is 1. The summed E-state index contributed by atoms with van der Waals surface area (Å²) in [6, 6.07) is 5.20. The maximum atomic E-state index is 13.5. The molecule has 116 valence electrons. The van der Waals surface area contributed by atoms with E-state index in [1.807, 2.05) is 0 Å². The highest BCUT2D eigenvalue weighted by molar-refractivity contribution is 5.97. The Morgan fingerprint density at radius 2 is 2.24 bits per heavy atom. The third kappa shape index (κ3) is 4.68. The molecule has 6 heteroatoms. The van der Waals surface area contributed by atoms with Crippen LogP contribution >= 0.6 is 0 Å². The molecule has 2 rings (SSSR count). The van der Waals surface area contributed by atoms with E-state index >= 15 is 0 Å². The number of hydrogen-bond acceptors (Lipinski definition) is 4. The van der Waals surface area contributed by atoms with E-state index in [1.54, 1.807) is 6.07 Å². The van der Waals surface area contributed by atoms with Gasteiger partial charge in [-0.25, -0.2) is 4.39 Å². The summed E-state index contributed by atoms with van der Waals surface area (Å²) in [6.07, 6.45) is 2.61. The standard InChI is InChI=1S/C15H23FN4O/c1-2-20(14-3-4-14)6-5-18-10-11-7-12(15(17)19-21)9-13(16)8-11/h7-9,14,18,21H,2-6,10H2,1H3,(H2,17,19). The summed E-state index contributed by atoms with van der Waals surface area (Å²) < 4.78 is 13.5. The number of oxime groups is 1. The molecule has 0 bridgehead atoms. The van der Waals surface area contributed by atoms with Crippen molar-refractivity contribution in [1.82, 2.24) is 10.2 Å². The Balaban J connectivity index is 1.83. The minimum atomic E-state index is -0.385. The molecule has 0 aromatic heterocycles. The van der Waals surface area contributed by atoms with Gasteiger partial charge in [-0.05, 0) is 43.1 Å². The van der Waals surface area contributed by atoms with E-state index in [1.165, 1.54) is 25.0 Å². The maximum absolute atomic E-state index is 13.5. The summed E-state index contributed by atoms with van der Waals surface area (Å²) in [5.41, 5.74) is 6.67. The van der Waals surface area contributed by atoms with Crippen LogP contribution in [-0.4, -0.2) is 41.6 Å². The first-order valence-electron chi connectivity index (χ1n) is 7.36. The number of nitrogens with one attached hydrogen (secondary N) is 1. The first-order chi connectivity index (χ1) is 10.1. The second-order valence-corrected chi connectivity index (χ2v) is 5.37. The molecule has 1 aliphatic rings. The van der Waals surface area contributed by atoms with Gasteiger partial charge in [0.05, 0.1) is 0 Å². The quantitative estimate of drug-likeness (QED) is 0.223. The average Bonchev–Trinajstić information content (AvgIpc) is 3.30. The second-order valence-electron chi connectivity index (χ2n) is 5.37. The van der Waals surface area contributed by atoms with Crippen LogP contribution < -0.4 is 11.1 Å². The first kappa shape index (κ1) is 15.7. The van der Waals surface area contributed by atoms with Gasteiger partial charge in [-0.3, -0.25) is 4.90 Å². The molecule has 5 nitrogen and oxygen atoms in total. The fourth-order valence-electron chi connectivity index (χ4n) is 2.45. The largest absolute Gasteiger partial charge is 0.409 e. The van der Waals surface area contributed by atoms with Crippen LogP contribution in [0, 0.1) is 5.82 Å². The fourth-order valence-corrected chi connectivity index (χ4v) is 2.45. The van der Waals surface area contributed by atoms with Crippen LogP contribution in [0.25, 0.3) is 0 Å². The van der Waals surface area contributed by atoms with E-state index in [4.69, 9.17) is 10.9 Å². The molecule has 0 saturated heterocycles. The molecular formula is C15H23FN4O. The average molecular weight is 294 g/mol. The van der Waals surface area contributed by atoms with Gasteiger partial charge in [-0.2, -0.15) is 0 Å². The zero-order valence-electron chi connectivity index (χ0n) is 12.3. The molecule has 0 spiro atoms. The Kier molecular flexibility index (Phi) is 5.52. The van der Waals surface area contributed by atoms with Crippen LogP contribution in [0.1, 0.15) is 30.9 Å². The smallest absolute Gasteiger partial charge is 0.170 e. The number of benzene rings is 1. The van der Waals surface area contributed by atoms with Crippen molar-refractivity contribution < 1.29 is 9.60 Å². The van der Waals surface area contributed by atoms with Crippen LogP contribution in [0.3, 0.4) is 0 Å². The SMILES string of the molecule is CCN(CCNCc1cc(F)cc(/C(N)=N/O)c1)C1CC1. The monoisotopic (exact) mass is 294 g/mol. The van der Waals surface area contributed by atoms with Crippen molar-refractivity contribution >= 4 is 5.84 Å². The Bertz CT molecular complexity index is 502. The van der Waals surface area contributed by atoms with Gasteiger partial charge in [-0.15, -0.1) is 0 Å². The van der Waals surface area contributed by atoms with Gasteiger partial charge in [0.1, 0.15) is 5.82 Å². The maximum Gasteiger partial charge on any atom is 0.170 e. The highest BCUT2D eigenvalue weighted by Gasteiger charge is 2.26. The van der Waals surface area contributed by atoms with Crippen LogP contribution in [0.4, 0.5) is 4.39 Å². The molecule has 1 aromatic carbocycles. The van der Waals surface area contributed by atoms with Gasteiger partial charge >= 0.3 is 0 Å². The summed E-state index contributed by atoms with van der Waals surface area (Å²) in [5, 5.41) is 14.9. The summed E-state index contributed by atoms with van der Waals surface area (Å²) in [4.78, 5) is 2.46. The zero-order valence-corrected chi connectivity index (χ0v) is 12.3. The van der Waals surface area contributed by atoms with Crippen LogP contribution in [-0.2, 0) is 6.54 Å². The van der Waals surface area contributed by atoms with Gasteiger partial charge in [0.2, 0.25) is 0 Å². The number of amidine groups is 1. The lowest BCUT2D eigenvalue weighted by Crippen LogP contribution is -2.33. The van der Waals surface area contributed by atoms with Crippen molar-refractivity contribution in [2.24, 2.45) is 10.9 Å². The molecule has 0 aliphatic heterocycles.